The molecule has 0 fully saturated rings. The minimum atomic E-state index is -1.16. The molecular weight excluding hydrogens is 501 g/mol. The van der Waals surface area contributed by atoms with Crippen LogP contribution in [0.4, 0.5) is 5.82 Å². The Morgan fingerprint density at radius 1 is 1.11 bits per heavy atom. The number of hydrogen-bond acceptors (Lipinski definition) is 5. The lowest BCUT2D eigenvalue weighted by atomic mass is 10.0. The number of carboxylic acid groups (broad SMARTS) is 1. The van der Waals surface area contributed by atoms with E-state index in [1.165, 1.54) is 17.7 Å². The Bertz CT molecular complexity index is 1230. The molecule has 7 nitrogen and oxygen atoms in total. The average Bonchev–Trinajstić information content (AvgIpc) is 2.86. The summed E-state index contributed by atoms with van der Waals surface area (Å²) in [6.45, 7) is 1.46. The maximum atomic E-state index is 12.7. The van der Waals surface area contributed by atoms with Crippen molar-refractivity contribution in [2.75, 3.05) is 18.5 Å². The summed E-state index contributed by atoms with van der Waals surface area (Å²) < 4.78 is 5.89. The van der Waals surface area contributed by atoms with Gasteiger partial charge in [-0.2, -0.15) is 0 Å². The molecule has 0 saturated carbocycles. The molecule has 9 heteroatoms. The Hall–Kier alpha value is -3.29. The number of amides is 1. The summed E-state index contributed by atoms with van der Waals surface area (Å²) in [6, 6.07) is 14.9. The highest BCUT2D eigenvalue weighted by atomic mass is 35.5. The number of hydrogen-bond donors (Lipinski definition) is 3. The molecule has 1 aromatic heterocycles. The van der Waals surface area contributed by atoms with Crippen molar-refractivity contribution in [1.29, 1.82) is 0 Å². The van der Waals surface area contributed by atoms with Crippen molar-refractivity contribution in [2.45, 2.75) is 38.1 Å². The van der Waals surface area contributed by atoms with Crippen LogP contribution in [0.3, 0.4) is 0 Å². The number of ether oxygens (including phenoxy) is 1. The van der Waals surface area contributed by atoms with Gasteiger partial charge >= 0.3 is 5.97 Å². The molecule has 0 spiro atoms. The molecule has 0 saturated heterocycles. The van der Waals surface area contributed by atoms with Gasteiger partial charge < -0.3 is 20.5 Å². The highest BCUT2D eigenvalue weighted by Crippen LogP contribution is 2.25. The van der Waals surface area contributed by atoms with E-state index in [1.54, 1.807) is 24.3 Å². The van der Waals surface area contributed by atoms with Crippen LogP contribution in [0.1, 0.15) is 40.0 Å². The first-order valence-electron chi connectivity index (χ1n) is 11.8. The van der Waals surface area contributed by atoms with Crippen LogP contribution in [0.5, 0.6) is 5.75 Å². The normalized spacial score (nSPS) is 13.3. The van der Waals surface area contributed by atoms with Crippen molar-refractivity contribution in [1.82, 2.24) is 10.3 Å². The second kappa shape index (κ2) is 12.1. The smallest absolute Gasteiger partial charge is 0.326 e. The van der Waals surface area contributed by atoms with Gasteiger partial charge in [0.15, 0.2) is 0 Å². The number of carboxylic acids is 1. The third kappa shape index (κ3) is 6.68. The monoisotopic (exact) mass is 527 g/mol. The topological polar surface area (TPSA) is 101 Å². The van der Waals surface area contributed by atoms with Crippen LogP contribution >= 0.6 is 23.2 Å². The number of nitrogens with zero attached hydrogens (tertiary/aromatic N) is 1. The first-order chi connectivity index (χ1) is 17.4. The number of fused-ring (bicyclic) bond motifs is 1. The predicted octanol–water partition coefficient (Wildman–Crippen LogP) is 5.18. The zero-order valence-electron chi connectivity index (χ0n) is 19.6. The summed E-state index contributed by atoms with van der Waals surface area (Å²) in [7, 11) is 0. The van der Waals surface area contributed by atoms with Crippen LogP contribution in [0, 0.1) is 0 Å². The zero-order chi connectivity index (χ0) is 25.5. The highest BCUT2D eigenvalue weighted by molar-refractivity contribution is 6.39. The number of aromatic nitrogens is 1. The Kier molecular flexibility index (Phi) is 8.67. The number of nitrogens with one attached hydrogen (secondary N) is 2. The van der Waals surface area contributed by atoms with Crippen LogP contribution in [-0.4, -0.2) is 41.2 Å². The Balaban J connectivity index is 1.31. The Morgan fingerprint density at radius 2 is 1.89 bits per heavy atom. The van der Waals surface area contributed by atoms with Crippen LogP contribution in [-0.2, 0) is 24.1 Å². The Morgan fingerprint density at radius 3 is 2.67 bits per heavy atom. The predicted molar refractivity (Wildman–Crippen MR) is 140 cm³/mol. The molecule has 0 aliphatic carbocycles. The molecule has 1 atom stereocenters. The number of carbonyl (C=O) groups is 2. The van der Waals surface area contributed by atoms with Crippen molar-refractivity contribution in [3.8, 4) is 5.75 Å². The van der Waals surface area contributed by atoms with Gasteiger partial charge in [0, 0.05) is 18.7 Å². The SMILES string of the molecule is O=C(N[C@@H](Cc1cccc(OCCCc2ccc3c(n2)NCCC3)c1)C(=O)O)c1c(Cl)cccc1Cl. The van der Waals surface area contributed by atoms with E-state index in [4.69, 9.17) is 32.9 Å². The summed E-state index contributed by atoms with van der Waals surface area (Å²) in [5.74, 6) is -0.178. The molecule has 3 aromatic rings. The maximum absolute atomic E-state index is 12.7. The fraction of sp³-hybridized carbons (Fsp3) is 0.296. The molecule has 36 heavy (non-hydrogen) atoms. The van der Waals surface area contributed by atoms with Crippen molar-refractivity contribution in [3.63, 3.8) is 0 Å². The minimum Gasteiger partial charge on any atom is -0.494 e. The molecule has 1 aliphatic heterocycles. The molecule has 4 rings (SSSR count). The number of rotatable bonds is 10. The van der Waals surface area contributed by atoms with Gasteiger partial charge in [0.25, 0.3) is 5.91 Å². The number of aryl methyl sites for hydroxylation is 2. The van der Waals surface area contributed by atoms with E-state index >= 15 is 0 Å². The Labute approximate surface area is 219 Å². The fourth-order valence-electron chi connectivity index (χ4n) is 4.09. The van der Waals surface area contributed by atoms with Crippen molar-refractivity contribution >= 4 is 40.9 Å². The molecule has 3 N–H and O–H groups in total. The average molecular weight is 528 g/mol. The van der Waals surface area contributed by atoms with Crippen LogP contribution in [0.2, 0.25) is 10.0 Å². The number of benzene rings is 2. The minimum absolute atomic E-state index is 0.0494. The number of carbonyl (C=O) groups excluding carboxylic acids is 1. The molecule has 2 heterocycles. The van der Waals surface area contributed by atoms with E-state index < -0.39 is 17.9 Å². The second-order valence-electron chi connectivity index (χ2n) is 8.61. The number of anilines is 1. The molecule has 0 unspecified atom stereocenters. The van der Waals surface area contributed by atoms with E-state index in [1.807, 2.05) is 6.07 Å². The second-order valence-corrected chi connectivity index (χ2v) is 9.42. The standard InChI is InChI=1S/C27H27Cl2N3O4/c28-21-9-2-10-22(29)24(21)26(33)32-23(27(34)35)16-17-5-1-8-20(15-17)36-14-4-7-19-12-11-18-6-3-13-30-25(18)31-19/h1-2,5,8-12,15,23H,3-4,6-7,13-14,16H2,(H,30,31)(H,32,33)(H,34,35)/t23-/m0/s1. The van der Waals surface area contributed by atoms with Gasteiger partial charge in [-0.15, -0.1) is 0 Å². The lowest BCUT2D eigenvalue weighted by Gasteiger charge is -2.17. The van der Waals surface area contributed by atoms with E-state index in [0.29, 0.717) is 17.9 Å². The maximum Gasteiger partial charge on any atom is 0.326 e. The zero-order valence-corrected chi connectivity index (χ0v) is 21.1. The molecule has 0 bridgehead atoms. The van der Waals surface area contributed by atoms with Crippen LogP contribution < -0.4 is 15.4 Å². The summed E-state index contributed by atoms with van der Waals surface area (Å²) in [5, 5.41) is 15.8. The van der Waals surface area contributed by atoms with Gasteiger partial charge in [-0.25, -0.2) is 9.78 Å². The van der Waals surface area contributed by atoms with Gasteiger partial charge in [0.05, 0.1) is 22.2 Å². The van der Waals surface area contributed by atoms with Crippen molar-refractivity contribution < 1.29 is 19.4 Å². The van der Waals surface area contributed by atoms with Crippen LogP contribution in [0.25, 0.3) is 0 Å². The molecule has 0 radical (unpaired) electrons. The lowest BCUT2D eigenvalue weighted by Crippen LogP contribution is -2.42. The summed E-state index contributed by atoms with van der Waals surface area (Å²) >= 11 is 12.2. The number of pyridine rings is 1. The number of halogens is 2. The van der Waals surface area contributed by atoms with E-state index in [2.05, 4.69) is 22.8 Å². The van der Waals surface area contributed by atoms with Gasteiger partial charge in [-0.3, -0.25) is 4.79 Å². The van der Waals surface area contributed by atoms with E-state index in [0.717, 1.165) is 43.7 Å². The first-order valence-corrected chi connectivity index (χ1v) is 12.6. The van der Waals surface area contributed by atoms with E-state index in [9.17, 15) is 14.7 Å². The quantitative estimate of drug-likeness (QED) is 0.314. The molecule has 1 aliphatic rings. The van der Waals surface area contributed by atoms with Gasteiger partial charge in [0.1, 0.15) is 17.6 Å². The summed E-state index contributed by atoms with van der Waals surface area (Å²) in [5.41, 5.74) is 3.06. The third-order valence-electron chi connectivity index (χ3n) is 5.93. The van der Waals surface area contributed by atoms with Crippen LogP contribution in [0.15, 0.2) is 54.6 Å². The third-order valence-corrected chi connectivity index (χ3v) is 6.56. The lowest BCUT2D eigenvalue weighted by molar-refractivity contribution is -0.139. The van der Waals surface area contributed by atoms with E-state index in [-0.39, 0.29) is 22.0 Å². The van der Waals surface area contributed by atoms with Gasteiger partial charge in [-0.05, 0) is 67.1 Å². The molecule has 2 aromatic carbocycles. The highest BCUT2D eigenvalue weighted by Gasteiger charge is 2.24. The fourth-order valence-corrected chi connectivity index (χ4v) is 4.66. The molecular formula is C27H27Cl2N3O4. The summed E-state index contributed by atoms with van der Waals surface area (Å²) in [6.07, 6.45) is 3.87. The first kappa shape index (κ1) is 25.8. The van der Waals surface area contributed by atoms with Gasteiger partial charge in [-0.1, -0.05) is 47.5 Å². The van der Waals surface area contributed by atoms with Crippen molar-refractivity contribution in [2.24, 2.45) is 0 Å². The largest absolute Gasteiger partial charge is 0.494 e. The molecule has 1 amide bonds. The van der Waals surface area contributed by atoms with Crippen molar-refractivity contribution in [3.05, 3.63) is 87.0 Å². The van der Waals surface area contributed by atoms with Gasteiger partial charge in [0.2, 0.25) is 0 Å². The number of aliphatic carboxylic acids is 1. The molecule has 188 valence electrons. The summed E-state index contributed by atoms with van der Waals surface area (Å²) in [4.78, 5) is 29.2.